The molecule has 0 saturated carbocycles. The van der Waals surface area contributed by atoms with E-state index in [9.17, 15) is 8.42 Å². The summed E-state index contributed by atoms with van der Waals surface area (Å²) in [6.45, 7) is 5.19. The minimum absolute atomic E-state index is 0.163. The Morgan fingerprint density at radius 2 is 1.84 bits per heavy atom. The summed E-state index contributed by atoms with van der Waals surface area (Å²) in [6, 6.07) is 9.86. The van der Waals surface area contributed by atoms with Crippen LogP contribution in [0.2, 0.25) is 0 Å². The lowest BCUT2D eigenvalue weighted by Gasteiger charge is -2.11. The first-order valence-corrected chi connectivity index (χ1v) is 8.83. The summed E-state index contributed by atoms with van der Waals surface area (Å²) in [7, 11) is -2.97. The van der Waals surface area contributed by atoms with Crippen LogP contribution in [0.5, 0.6) is 0 Å². The van der Waals surface area contributed by atoms with Crippen LogP contribution in [0.25, 0.3) is 0 Å². The molecule has 0 heterocycles. The Kier molecular flexibility index (Phi) is 7.10. The van der Waals surface area contributed by atoms with Crippen molar-refractivity contribution in [1.29, 1.82) is 0 Å². The second-order valence-electron chi connectivity index (χ2n) is 5.03. The summed E-state index contributed by atoms with van der Waals surface area (Å²) in [5.41, 5.74) is 0.878. The second-order valence-corrected chi connectivity index (χ2v) is 7.22. The van der Waals surface area contributed by atoms with Crippen molar-refractivity contribution in [3.63, 3.8) is 0 Å². The summed E-state index contributed by atoms with van der Waals surface area (Å²) >= 11 is 0. The van der Waals surface area contributed by atoms with Crippen LogP contribution >= 0.6 is 0 Å². The highest BCUT2D eigenvalue weighted by Crippen LogP contribution is 2.09. The fourth-order valence-electron chi connectivity index (χ4n) is 2.12. The number of rotatable bonds is 9. The lowest BCUT2D eigenvalue weighted by Crippen LogP contribution is -2.25. The predicted octanol–water partition coefficient (Wildman–Crippen LogP) is 2.77. The van der Waals surface area contributed by atoms with E-state index in [0.717, 1.165) is 31.4 Å². The number of nitrogens with one attached hydrogen (secondary N) is 1. The van der Waals surface area contributed by atoms with Crippen LogP contribution in [0.1, 0.15) is 38.7 Å². The van der Waals surface area contributed by atoms with E-state index in [1.54, 1.807) is 0 Å². The summed E-state index contributed by atoms with van der Waals surface area (Å²) in [4.78, 5) is 0. The van der Waals surface area contributed by atoms with Gasteiger partial charge in [0.25, 0.3) is 0 Å². The molecule has 3 nitrogen and oxygen atoms in total. The summed E-state index contributed by atoms with van der Waals surface area (Å²) in [5.74, 6) is 0.456. The first kappa shape index (κ1) is 16.2. The molecule has 0 aliphatic carbocycles. The van der Waals surface area contributed by atoms with Gasteiger partial charge in [0.15, 0.2) is 9.84 Å². The van der Waals surface area contributed by atoms with Crippen molar-refractivity contribution in [2.75, 3.05) is 12.3 Å². The molecule has 1 aromatic rings. The smallest absolute Gasteiger partial charge is 0.154 e. The normalized spacial score (nSPS) is 13.4. The maximum atomic E-state index is 12.0. The van der Waals surface area contributed by atoms with Crippen LogP contribution in [-0.2, 0) is 15.6 Å². The standard InChI is InChI=1S/C15H25NO2S/c1-3-16-14(2)9-7-8-12-19(17,18)13-15-10-5-4-6-11-15/h4-6,10-11,14,16H,3,7-9,12-13H2,1-2H3. The monoisotopic (exact) mass is 283 g/mol. The predicted molar refractivity (Wildman–Crippen MR) is 80.9 cm³/mol. The zero-order chi connectivity index (χ0) is 14.1. The molecule has 1 aromatic carbocycles. The van der Waals surface area contributed by atoms with Crippen LogP contribution in [0.3, 0.4) is 0 Å². The molecule has 0 aromatic heterocycles. The molecule has 19 heavy (non-hydrogen) atoms. The van der Waals surface area contributed by atoms with Gasteiger partial charge in [-0.25, -0.2) is 8.42 Å². The third-order valence-electron chi connectivity index (χ3n) is 3.12. The van der Waals surface area contributed by atoms with Crippen molar-refractivity contribution >= 4 is 9.84 Å². The van der Waals surface area contributed by atoms with E-state index in [1.807, 2.05) is 30.3 Å². The maximum Gasteiger partial charge on any atom is 0.154 e. The second kappa shape index (κ2) is 8.33. The highest BCUT2D eigenvalue weighted by Gasteiger charge is 2.11. The molecule has 0 fully saturated rings. The Hall–Kier alpha value is -0.870. The Morgan fingerprint density at radius 1 is 1.16 bits per heavy atom. The molecule has 0 aliphatic rings. The molecule has 1 atom stereocenters. The van der Waals surface area contributed by atoms with Crippen molar-refractivity contribution in [2.24, 2.45) is 0 Å². The van der Waals surface area contributed by atoms with E-state index in [-0.39, 0.29) is 5.75 Å². The molecular weight excluding hydrogens is 258 g/mol. The highest BCUT2D eigenvalue weighted by molar-refractivity contribution is 7.90. The summed E-state index contributed by atoms with van der Waals surface area (Å²) in [6.07, 6.45) is 2.75. The number of sulfone groups is 1. The topological polar surface area (TPSA) is 46.2 Å². The minimum atomic E-state index is -2.97. The minimum Gasteiger partial charge on any atom is -0.315 e. The highest BCUT2D eigenvalue weighted by atomic mass is 32.2. The molecule has 0 amide bonds. The Labute approximate surface area is 117 Å². The Bertz CT molecular complexity index is 442. The van der Waals surface area contributed by atoms with Crippen molar-refractivity contribution in [2.45, 2.75) is 44.9 Å². The zero-order valence-electron chi connectivity index (χ0n) is 11.9. The SMILES string of the molecule is CCNC(C)CCCCS(=O)(=O)Cc1ccccc1. The third-order valence-corrected chi connectivity index (χ3v) is 4.81. The lowest BCUT2D eigenvalue weighted by molar-refractivity contribution is 0.507. The van der Waals surface area contributed by atoms with Crippen molar-refractivity contribution in [3.05, 3.63) is 35.9 Å². The molecule has 0 saturated heterocycles. The van der Waals surface area contributed by atoms with Gasteiger partial charge >= 0.3 is 0 Å². The summed E-state index contributed by atoms with van der Waals surface area (Å²) < 4.78 is 23.9. The van der Waals surface area contributed by atoms with Gasteiger partial charge in [0.05, 0.1) is 11.5 Å². The molecule has 108 valence electrons. The van der Waals surface area contributed by atoms with Crippen LogP contribution in [0, 0.1) is 0 Å². The van der Waals surface area contributed by atoms with Gasteiger partial charge in [-0.2, -0.15) is 0 Å². The molecular formula is C15H25NO2S. The van der Waals surface area contributed by atoms with Gasteiger partial charge < -0.3 is 5.32 Å². The van der Waals surface area contributed by atoms with Crippen LogP contribution in [0.4, 0.5) is 0 Å². The fraction of sp³-hybridized carbons (Fsp3) is 0.600. The van der Waals surface area contributed by atoms with Crippen molar-refractivity contribution in [1.82, 2.24) is 5.32 Å². The van der Waals surface area contributed by atoms with E-state index in [1.165, 1.54) is 0 Å². The number of benzene rings is 1. The van der Waals surface area contributed by atoms with Crippen molar-refractivity contribution in [3.8, 4) is 0 Å². The Balaban J connectivity index is 2.28. The van der Waals surface area contributed by atoms with Gasteiger partial charge in [-0.05, 0) is 31.9 Å². The molecule has 0 aliphatic heterocycles. The van der Waals surface area contributed by atoms with Gasteiger partial charge in [0, 0.05) is 6.04 Å². The fourth-order valence-corrected chi connectivity index (χ4v) is 3.61. The van der Waals surface area contributed by atoms with Gasteiger partial charge in [0.1, 0.15) is 0 Å². The van der Waals surface area contributed by atoms with Gasteiger partial charge in [-0.15, -0.1) is 0 Å². The Morgan fingerprint density at radius 3 is 2.47 bits per heavy atom. The molecule has 4 heteroatoms. The first-order chi connectivity index (χ1) is 9.03. The molecule has 0 bridgehead atoms. The largest absolute Gasteiger partial charge is 0.315 e. The van der Waals surface area contributed by atoms with E-state index >= 15 is 0 Å². The molecule has 0 spiro atoms. The molecule has 1 rings (SSSR count). The molecule has 0 radical (unpaired) electrons. The number of hydrogen-bond acceptors (Lipinski definition) is 3. The lowest BCUT2D eigenvalue weighted by atomic mass is 10.1. The van der Waals surface area contributed by atoms with Crippen molar-refractivity contribution < 1.29 is 8.42 Å². The maximum absolute atomic E-state index is 12.0. The van der Waals surface area contributed by atoms with Gasteiger partial charge in [-0.1, -0.05) is 43.7 Å². The zero-order valence-corrected chi connectivity index (χ0v) is 12.7. The van der Waals surface area contributed by atoms with Gasteiger partial charge in [-0.3, -0.25) is 0 Å². The van der Waals surface area contributed by atoms with Crippen LogP contribution in [0.15, 0.2) is 30.3 Å². The van der Waals surface area contributed by atoms with Crippen LogP contribution < -0.4 is 5.32 Å². The van der Waals surface area contributed by atoms with E-state index in [2.05, 4.69) is 19.2 Å². The summed E-state index contributed by atoms with van der Waals surface area (Å²) in [5, 5.41) is 3.33. The molecule has 1 unspecified atom stereocenters. The molecule has 1 N–H and O–H groups in total. The first-order valence-electron chi connectivity index (χ1n) is 7.01. The average molecular weight is 283 g/mol. The van der Waals surface area contributed by atoms with E-state index in [4.69, 9.17) is 0 Å². The van der Waals surface area contributed by atoms with E-state index in [0.29, 0.717) is 11.8 Å². The third kappa shape index (κ3) is 7.33. The van der Waals surface area contributed by atoms with Gasteiger partial charge in [0.2, 0.25) is 0 Å². The number of hydrogen-bond donors (Lipinski definition) is 1. The van der Waals surface area contributed by atoms with E-state index < -0.39 is 9.84 Å². The quantitative estimate of drug-likeness (QED) is 0.709. The van der Waals surface area contributed by atoms with Crippen LogP contribution in [-0.4, -0.2) is 26.8 Å². The average Bonchev–Trinajstić information content (AvgIpc) is 2.36. The number of unbranched alkanes of at least 4 members (excludes halogenated alkanes) is 1.